The van der Waals surface area contributed by atoms with E-state index in [4.69, 9.17) is 10.2 Å². The van der Waals surface area contributed by atoms with E-state index in [1.54, 1.807) is 0 Å². The highest BCUT2D eigenvalue weighted by Crippen LogP contribution is 2.16. The maximum atomic E-state index is 13.5. The number of carbonyl (C=O) groups excluding carboxylic acids is 1. The van der Waals surface area contributed by atoms with Crippen LogP contribution < -0.4 is 5.32 Å². The molecular formula is C11H13FN2O4. The smallest absolute Gasteiger partial charge is 0.335 e. The number of carbonyl (C=O) groups is 2. The largest absolute Gasteiger partial charge is 0.478 e. The van der Waals surface area contributed by atoms with Gasteiger partial charge in [-0.2, -0.15) is 0 Å². The number of carboxylic acids is 1. The van der Waals surface area contributed by atoms with Crippen LogP contribution in [0.2, 0.25) is 0 Å². The van der Waals surface area contributed by atoms with Gasteiger partial charge in [0, 0.05) is 13.6 Å². The predicted molar refractivity (Wildman–Crippen MR) is 62.1 cm³/mol. The van der Waals surface area contributed by atoms with Crippen LogP contribution in [0.15, 0.2) is 18.2 Å². The lowest BCUT2D eigenvalue weighted by Gasteiger charge is -2.16. The number of urea groups is 1. The average Bonchev–Trinajstić information content (AvgIpc) is 2.31. The predicted octanol–water partition coefficient (Wildman–Crippen LogP) is 0.980. The quantitative estimate of drug-likeness (QED) is 0.749. The number of nitrogens with one attached hydrogen (secondary N) is 1. The van der Waals surface area contributed by atoms with Crippen molar-refractivity contribution in [2.75, 3.05) is 25.5 Å². The van der Waals surface area contributed by atoms with Gasteiger partial charge in [-0.25, -0.2) is 14.0 Å². The molecule has 0 aliphatic heterocycles. The number of hydrogen-bond donors (Lipinski definition) is 3. The van der Waals surface area contributed by atoms with Gasteiger partial charge in [0.1, 0.15) is 5.82 Å². The fourth-order valence-corrected chi connectivity index (χ4v) is 1.21. The Bertz CT molecular complexity index is 464. The van der Waals surface area contributed by atoms with Crippen LogP contribution in [-0.2, 0) is 0 Å². The summed E-state index contributed by atoms with van der Waals surface area (Å²) in [5, 5.41) is 19.6. The Morgan fingerprint density at radius 1 is 1.44 bits per heavy atom. The lowest BCUT2D eigenvalue weighted by molar-refractivity contribution is 0.0696. The van der Waals surface area contributed by atoms with Gasteiger partial charge in [0.2, 0.25) is 0 Å². The summed E-state index contributed by atoms with van der Waals surface area (Å²) in [6.07, 6.45) is 0. The molecule has 0 radical (unpaired) electrons. The van der Waals surface area contributed by atoms with Crippen LogP contribution in [0.25, 0.3) is 0 Å². The van der Waals surface area contributed by atoms with Gasteiger partial charge in [0.05, 0.1) is 17.9 Å². The summed E-state index contributed by atoms with van der Waals surface area (Å²) in [5.41, 5.74) is -0.316. The molecule has 7 heteroatoms. The van der Waals surface area contributed by atoms with Crippen molar-refractivity contribution in [1.29, 1.82) is 0 Å². The molecule has 0 spiro atoms. The molecule has 6 nitrogen and oxygen atoms in total. The number of amides is 2. The number of aromatic carboxylic acids is 1. The highest BCUT2D eigenvalue weighted by molar-refractivity contribution is 5.91. The van der Waals surface area contributed by atoms with Crippen LogP contribution in [0.1, 0.15) is 10.4 Å². The van der Waals surface area contributed by atoms with E-state index in [9.17, 15) is 14.0 Å². The van der Waals surface area contributed by atoms with Gasteiger partial charge in [-0.3, -0.25) is 0 Å². The topological polar surface area (TPSA) is 89.9 Å². The van der Waals surface area contributed by atoms with Crippen LogP contribution in [0.3, 0.4) is 0 Å². The zero-order valence-corrected chi connectivity index (χ0v) is 9.68. The van der Waals surface area contributed by atoms with Crippen LogP contribution >= 0.6 is 0 Å². The second kappa shape index (κ2) is 5.97. The van der Waals surface area contributed by atoms with E-state index in [-0.39, 0.29) is 24.4 Å². The standard InChI is InChI=1S/C11H13FN2O4/c1-14(4-5-15)11(18)13-9-3-2-7(10(16)17)6-8(9)12/h2-3,6,15H,4-5H2,1H3,(H,13,18)(H,16,17). The second-order valence-corrected chi connectivity index (χ2v) is 3.58. The first-order chi connectivity index (χ1) is 8.45. The minimum Gasteiger partial charge on any atom is -0.478 e. The molecule has 0 aliphatic rings. The van der Waals surface area contributed by atoms with E-state index < -0.39 is 17.8 Å². The van der Waals surface area contributed by atoms with E-state index >= 15 is 0 Å². The summed E-state index contributed by atoms with van der Waals surface area (Å²) in [6, 6.07) is 2.59. The van der Waals surface area contributed by atoms with Gasteiger partial charge in [-0.1, -0.05) is 0 Å². The number of anilines is 1. The van der Waals surface area contributed by atoms with Crippen molar-refractivity contribution in [3.63, 3.8) is 0 Å². The van der Waals surface area contributed by atoms with Crippen molar-refractivity contribution >= 4 is 17.7 Å². The second-order valence-electron chi connectivity index (χ2n) is 3.58. The molecule has 1 rings (SSSR count). The molecule has 18 heavy (non-hydrogen) atoms. The number of hydrogen-bond acceptors (Lipinski definition) is 3. The van der Waals surface area contributed by atoms with Crippen LogP contribution in [0.4, 0.5) is 14.9 Å². The van der Waals surface area contributed by atoms with Crippen molar-refractivity contribution in [3.8, 4) is 0 Å². The van der Waals surface area contributed by atoms with E-state index in [0.717, 1.165) is 6.07 Å². The van der Waals surface area contributed by atoms with Crippen LogP contribution in [-0.4, -0.2) is 47.3 Å². The number of rotatable bonds is 4. The van der Waals surface area contributed by atoms with Crippen molar-refractivity contribution in [1.82, 2.24) is 4.90 Å². The third kappa shape index (κ3) is 3.42. The number of likely N-dealkylation sites (N-methyl/N-ethyl adjacent to an activating group) is 1. The summed E-state index contributed by atoms with van der Waals surface area (Å²) in [6.45, 7) is -0.0922. The molecular weight excluding hydrogens is 243 g/mol. The summed E-state index contributed by atoms with van der Waals surface area (Å²) >= 11 is 0. The van der Waals surface area contributed by atoms with Crippen molar-refractivity contribution in [2.45, 2.75) is 0 Å². The third-order valence-corrected chi connectivity index (χ3v) is 2.24. The van der Waals surface area contributed by atoms with Gasteiger partial charge in [0.15, 0.2) is 0 Å². The summed E-state index contributed by atoms with van der Waals surface area (Å²) in [4.78, 5) is 23.3. The summed E-state index contributed by atoms with van der Waals surface area (Å²) < 4.78 is 13.5. The summed E-state index contributed by atoms with van der Waals surface area (Å²) in [7, 11) is 1.44. The molecule has 0 aliphatic carbocycles. The Morgan fingerprint density at radius 2 is 2.11 bits per heavy atom. The average molecular weight is 256 g/mol. The molecule has 1 aromatic rings. The number of aliphatic hydroxyl groups excluding tert-OH is 1. The number of benzene rings is 1. The van der Waals surface area contributed by atoms with Crippen LogP contribution in [0.5, 0.6) is 0 Å². The first-order valence-corrected chi connectivity index (χ1v) is 5.11. The Labute approximate surface area is 103 Å². The number of halogens is 1. The van der Waals surface area contributed by atoms with Gasteiger partial charge >= 0.3 is 12.0 Å². The Hall–Kier alpha value is -2.15. The Balaban J connectivity index is 2.79. The van der Waals surface area contributed by atoms with Crippen molar-refractivity contribution in [2.24, 2.45) is 0 Å². The fraction of sp³-hybridized carbons (Fsp3) is 0.273. The first kappa shape index (κ1) is 13.9. The molecule has 2 amide bonds. The van der Waals surface area contributed by atoms with Crippen molar-refractivity contribution < 1.29 is 24.2 Å². The van der Waals surface area contributed by atoms with Gasteiger partial charge in [0.25, 0.3) is 0 Å². The molecule has 0 aromatic heterocycles. The molecule has 0 atom stereocenters. The molecule has 1 aromatic carbocycles. The minimum absolute atomic E-state index is 0.112. The van der Waals surface area contributed by atoms with E-state index in [1.807, 2.05) is 0 Å². The Morgan fingerprint density at radius 3 is 2.61 bits per heavy atom. The first-order valence-electron chi connectivity index (χ1n) is 5.11. The van der Waals surface area contributed by atoms with E-state index in [2.05, 4.69) is 5.32 Å². The number of carboxylic acid groups (broad SMARTS) is 1. The molecule has 0 saturated heterocycles. The minimum atomic E-state index is -1.25. The molecule has 0 fully saturated rings. The third-order valence-electron chi connectivity index (χ3n) is 2.24. The van der Waals surface area contributed by atoms with Crippen molar-refractivity contribution in [3.05, 3.63) is 29.6 Å². The monoisotopic (exact) mass is 256 g/mol. The lowest BCUT2D eigenvalue weighted by atomic mass is 10.2. The Kier molecular flexibility index (Phi) is 4.61. The molecule has 0 saturated carbocycles. The summed E-state index contributed by atoms with van der Waals surface area (Å²) in [5.74, 6) is -2.08. The normalized spacial score (nSPS) is 9.94. The van der Waals surface area contributed by atoms with Crippen LogP contribution in [0, 0.1) is 5.82 Å². The zero-order valence-electron chi connectivity index (χ0n) is 9.68. The SMILES string of the molecule is CN(CCO)C(=O)Nc1ccc(C(=O)O)cc1F. The molecule has 3 N–H and O–H groups in total. The molecule has 98 valence electrons. The maximum Gasteiger partial charge on any atom is 0.335 e. The highest BCUT2D eigenvalue weighted by Gasteiger charge is 2.12. The van der Waals surface area contributed by atoms with Gasteiger partial charge < -0.3 is 20.4 Å². The lowest BCUT2D eigenvalue weighted by Crippen LogP contribution is -2.33. The molecule has 0 heterocycles. The highest BCUT2D eigenvalue weighted by atomic mass is 19.1. The maximum absolute atomic E-state index is 13.5. The van der Waals surface area contributed by atoms with E-state index in [0.29, 0.717) is 0 Å². The molecule has 0 bridgehead atoms. The fourth-order valence-electron chi connectivity index (χ4n) is 1.21. The van der Waals surface area contributed by atoms with Gasteiger partial charge in [-0.15, -0.1) is 0 Å². The molecule has 0 unspecified atom stereocenters. The number of aliphatic hydroxyl groups is 1. The van der Waals surface area contributed by atoms with E-state index in [1.165, 1.54) is 24.1 Å². The van der Waals surface area contributed by atoms with Gasteiger partial charge in [-0.05, 0) is 18.2 Å². The zero-order chi connectivity index (χ0) is 13.7. The number of nitrogens with zero attached hydrogens (tertiary/aromatic N) is 1.